The molecule has 0 atom stereocenters. The molecule has 0 aliphatic carbocycles. The molecule has 0 aliphatic heterocycles. The SMILES string of the molecule is CC(=C(C#N)C#N)c1ccc(OCCCCOc2ccc(C(C)=C(C#N)C#N)cc2)cc1. The van der Waals surface area contributed by atoms with E-state index in [0.717, 1.165) is 35.5 Å². The molecule has 0 radical (unpaired) electrons. The maximum atomic E-state index is 8.96. The summed E-state index contributed by atoms with van der Waals surface area (Å²) < 4.78 is 11.5. The van der Waals surface area contributed by atoms with Gasteiger partial charge < -0.3 is 9.47 Å². The van der Waals surface area contributed by atoms with Gasteiger partial charge in [0.1, 0.15) is 46.9 Å². The highest BCUT2D eigenvalue weighted by atomic mass is 16.5. The van der Waals surface area contributed by atoms with E-state index in [9.17, 15) is 0 Å². The summed E-state index contributed by atoms with van der Waals surface area (Å²) in [6, 6.07) is 22.2. The van der Waals surface area contributed by atoms with Crippen LogP contribution in [0.15, 0.2) is 59.7 Å². The molecule has 0 bridgehead atoms. The number of ether oxygens (including phenoxy) is 2. The van der Waals surface area contributed by atoms with Crippen LogP contribution in [-0.2, 0) is 0 Å². The quantitative estimate of drug-likeness (QED) is 0.386. The lowest BCUT2D eigenvalue weighted by Crippen LogP contribution is -2.02. The molecule has 158 valence electrons. The highest BCUT2D eigenvalue weighted by Crippen LogP contribution is 2.22. The topological polar surface area (TPSA) is 114 Å². The van der Waals surface area contributed by atoms with Gasteiger partial charge in [-0.15, -0.1) is 0 Å². The molecule has 0 saturated carbocycles. The van der Waals surface area contributed by atoms with E-state index in [1.54, 1.807) is 13.8 Å². The molecule has 32 heavy (non-hydrogen) atoms. The number of hydrogen-bond acceptors (Lipinski definition) is 6. The van der Waals surface area contributed by atoms with Crippen molar-refractivity contribution < 1.29 is 9.47 Å². The van der Waals surface area contributed by atoms with Crippen LogP contribution >= 0.6 is 0 Å². The average Bonchev–Trinajstić information content (AvgIpc) is 2.83. The molecule has 6 heteroatoms. The van der Waals surface area contributed by atoms with Crippen LogP contribution in [0.25, 0.3) is 11.1 Å². The summed E-state index contributed by atoms with van der Waals surface area (Å²) in [6.45, 7) is 4.60. The molecular formula is C26H22N4O2. The second-order valence-corrected chi connectivity index (χ2v) is 6.90. The molecule has 0 heterocycles. The van der Waals surface area contributed by atoms with E-state index < -0.39 is 0 Å². The summed E-state index contributed by atoms with van der Waals surface area (Å²) in [4.78, 5) is 0. The molecule has 0 amide bonds. The number of nitriles is 4. The zero-order chi connectivity index (χ0) is 23.3. The van der Waals surface area contributed by atoms with Gasteiger partial charge >= 0.3 is 0 Å². The van der Waals surface area contributed by atoms with E-state index in [-0.39, 0.29) is 11.1 Å². The first-order chi connectivity index (χ1) is 15.5. The lowest BCUT2D eigenvalue weighted by atomic mass is 10.0. The summed E-state index contributed by atoms with van der Waals surface area (Å²) in [5.41, 5.74) is 3.14. The molecule has 0 fully saturated rings. The van der Waals surface area contributed by atoms with Crippen molar-refractivity contribution in [2.24, 2.45) is 0 Å². The van der Waals surface area contributed by atoms with Crippen LogP contribution in [0.2, 0.25) is 0 Å². The molecule has 6 nitrogen and oxygen atoms in total. The molecule has 0 aromatic heterocycles. The van der Waals surface area contributed by atoms with E-state index in [1.165, 1.54) is 0 Å². The molecular weight excluding hydrogens is 400 g/mol. The molecule has 2 aromatic rings. The molecule has 2 aromatic carbocycles. The van der Waals surface area contributed by atoms with Crippen molar-refractivity contribution >= 4 is 11.1 Å². The second kappa shape index (κ2) is 12.2. The van der Waals surface area contributed by atoms with E-state index in [2.05, 4.69) is 0 Å². The van der Waals surface area contributed by atoms with Gasteiger partial charge in [-0.3, -0.25) is 0 Å². The summed E-state index contributed by atoms with van der Waals surface area (Å²) in [5.74, 6) is 1.46. The Morgan fingerprint density at radius 3 is 1.19 bits per heavy atom. The first-order valence-electron chi connectivity index (χ1n) is 10.0. The first kappa shape index (κ1) is 23.8. The molecule has 0 aliphatic rings. The van der Waals surface area contributed by atoms with Gasteiger partial charge in [-0.2, -0.15) is 21.0 Å². The zero-order valence-electron chi connectivity index (χ0n) is 18.1. The Morgan fingerprint density at radius 2 is 0.906 bits per heavy atom. The van der Waals surface area contributed by atoms with E-state index in [4.69, 9.17) is 30.5 Å². The third-order valence-electron chi connectivity index (χ3n) is 4.85. The van der Waals surface area contributed by atoms with E-state index in [0.29, 0.717) is 24.4 Å². The largest absolute Gasteiger partial charge is 0.494 e. The lowest BCUT2D eigenvalue weighted by Gasteiger charge is -2.09. The van der Waals surface area contributed by atoms with E-state index >= 15 is 0 Å². The van der Waals surface area contributed by atoms with Gasteiger partial charge in [-0.05, 0) is 73.2 Å². The minimum atomic E-state index is 0.106. The number of nitrogens with zero attached hydrogens (tertiary/aromatic N) is 4. The molecule has 0 saturated heterocycles. The maximum Gasteiger partial charge on any atom is 0.133 e. The minimum Gasteiger partial charge on any atom is -0.494 e. The van der Waals surface area contributed by atoms with Crippen LogP contribution in [0.4, 0.5) is 0 Å². The molecule has 0 unspecified atom stereocenters. The fourth-order valence-electron chi connectivity index (χ4n) is 2.86. The van der Waals surface area contributed by atoms with Crippen molar-refractivity contribution in [1.29, 1.82) is 21.0 Å². The predicted octanol–water partition coefficient (Wildman–Crippen LogP) is 5.57. The fourth-order valence-corrected chi connectivity index (χ4v) is 2.86. The van der Waals surface area contributed by atoms with E-state index in [1.807, 2.05) is 72.8 Å². The van der Waals surface area contributed by atoms with Gasteiger partial charge in [-0.1, -0.05) is 24.3 Å². The highest BCUT2D eigenvalue weighted by Gasteiger charge is 2.05. The Labute approximate surface area is 188 Å². The first-order valence-corrected chi connectivity index (χ1v) is 10.0. The second-order valence-electron chi connectivity index (χ2n) is 6.90. The van der Waals surface area contributed by atoms with Gasteiger partial charge in [0.05, 0.1) is 13.2 Å². The normalized spacial score (nSPS) is 9.31. The monoisotopic (exact) mass is 422 g/mol. The van der Waals surface area contributed by atoms with Gasteiger partial charge in [0, 0.05) is 0 Å². The Balaban J connectivity index is 1.75. The van der Waals surface area contributed by atoms with Crippen LogP contribution in [0.5, 0.6) is 11.5 Å². The zero-order valence-corrected chi connectivity index (χ0v) is 18.1. The highest BCUT2D eigenvalue weighted by molar-refractivity contribution is 5.74. The van der Waals surface area contributed by atoms with Crippen molar-refractivity contribution in [1.82, 2.24) is 0 Å². The summed E-state index contributed by atoms with van der Waals surface area (Å²) in [7, 11) is 0. The minimum absolute atomic E-state index is 0.106. The summed E-state index contributed by atoms with van der Waals surface area (Å²) in [5, 5.41) is 35.8. The van der Waals surface area contributed by atoms with Crippen LogP contribution in [0, 0.1) is 45.3 Å². The number of allylic oxidation sites excluding steroid dienone is 4. The van der Waals surface area contributed by atoms with Crippen LogP contribution in [0.3, 0.4) is 0 Å². The van der Waals surface area contributed by atoms with Crippen LogP contribution in [0.1, 0.15) is 37.8 Å². The average molecular weight is 422 g/mol. The van der Waals surface area contributed by atoms with Gasteiger partial charge in [0.25, 0.3) is 0 Å². The van der Waals surface area contributed by atoms with Crippen molar-refractivity contribution in [3.8, 4) is 35.8 Å². The number of unbranched alkanes of at least 4 members (excludes halogenated alkanes) is 1. The Bertz CT molecular complexity index is 1040. The van der Waals surface area contributed by atoms with Gasteiger partial charge in [0.15, 0.2) is 0 Å². The summed E-state index contributed by atoms with van der Waals surface area (Å²) >= 11 is 0. The van der Waals surface area contributed by atoms with Crippen molar-refractivity contribution in [3.63, 3.8) is 0 Å². The standard InChI is InChI=1S/C26H22N4O2/c1-19(23(15-27)16-28)21-5-9-25(10-6-21)31-13-3-4-14-32-26-11-7-22(8-12-26)20(2)24(17-29)18-30/h5-12H,3-4,13-14H2,1-2H3. The third-order valence-corrected chi connectivity index (χ3v) is 4.85. The van der Waals surface area contributed by atoms with Gasteiger partial charge in [0.2, 0.25) is 0 Å². The van der Waals surface area contributed by atoms with Crippen molar-refractivity contribution in [2.45, 2.75) is 26.7 Å². The maximum absolute atomic E-state index is 8.96. The Hall–Kier alpha value is -4.52. The van der Waals surface area contributed by atoms with Crippen molar-refractivity contribution in [3.05, 3.63) is 70.8 Å². The molecule has 0 spiro atoms. The Morgan fingerprint density at radius 1 is 0.594 bits per heavy atom. The summed E-state index contributed by atoms with van der Waals surface area (Å²) in [6.07, 6.45) is 1.64. The third kappa shape index (κ3) is 6.50. The van der Waals surface area contributed by atoms with Crippen LogP contribution in [-0.4, -0.2) is 13.2 Å². The molecule has 0 N–H and O–H groups in total. The lowest BCUT2D eigenvalue weighted by molar-refractivity contribution is 0.266. The van der Waals surface area contributed by atoms with Crippen LogP contribution < -0.4 is 9.47 Å². The number of benzene rings is 2. The smallest absolute Gasteiger partial charge is 0.133 e. The number of hydrogen-bond donors (Lipinski definition) is 0. The Kier molecular flexibility index (Phi) is 9.09. The van der Waals surface area contributed by atoms with Gasteiger partial charge in [-0.25, -0.2) is 0 Å². The van der Waals surface area contributed by atoms with Crippen molar-refractivity contribution in [2.75, 3.05) is 13.2 Å². The predicted molar refractivity (Wildman–Crippen MR) is 121 cm³/mol. The molecule has 2 rings (SSSR count). The fraction of sp³-hybridized carbons (Fsp3) is 0.231. The number of rotatable bonds is 9.